The number of carboxylic acid groups (broad SMARTS) is 1. The molecule has 140 valence electrons. The van der Waals surface area contributed by atoms with Crippen LogP contribution >= 0.6 is 0 Å². The van der Waals surface area contributed by atoms with E-state index < -0.39 is 45.3 Å². The Morgan fingerprint density at radius 1 is 1.22 bits per heavy atom. The Labute approximate surface area is 159 Å². The summed E-state index contributed by atoms with van der Waals surface area (Å²) in [4.78, 5) is 23.5. The SMILES string of the molecule is [2H]C([2H])(c1ccccc1)S(=O)(=O)OC1=C(N)O[C@@]([2H])(c2ccc(C(=O)[O-])cc2)C1=O. The molecule has 2 aromatic carbocycles. The molecule has 8 nitrogen and oxygen atoms in total. The van der Waals surface area contributed by atoms with Crippen molar-refractivity contribution < 1.29 is 36.1 Å². The van der Waals surface area contributed by atoms with E-state index in [4.69, 9.17) is 14.6 Å². The third-order valence-corrected chi connectivity index (χ3v) is 4.31. The summed E-state index contributed by atoms with van der Waals surface area (Å²) in [7, 11) is -5.09. The molecule has 1 aliphatic heterocycles. The second-order valence-corrected chi connectivity index (χ2v) is 6.60. The first-order chi connectivity index (χ1) is 13.9. The minimum atomic E-state index is -5.09. The standard InChI is InChI=1S/C18H15NO7S/c19-17-16(26-27(23,24)10-11-4-2-1-3-5-11)14(20)15(25-17)12-6-8-13(9-7-12)18(21)22/h1-9,15H,10,19H2,(H,21,22)/p-1/t15-/m0/s1/i10D2,15D. The van der Waals surface area contributed by atoms with Gasteiger partial charge in [0, 0.05) is 5.56 Å². The highest BCUT2D eigenvalue weighted by atomic mass is 32.2. The van der Waals surface area contributed by atoms with Crippen LogP contribution in [0.3, 0.4) is 0 Å². The lowest BCUT2D eigenvalue weighted by atomic mass is 10.0. The molecule has 0 aliphatic carbocycles. The quantitative estimate of drug-likeness (QED) is 0.697. The summed E-state index contributed by atoms with van der Waals surface area (Å²) >= 11 is 0. The van der Waals surface area contributed by atoms with Crippen molar-refractivity contribution in [2.45, 2.75) is 11.8 Å². The van der Waals surface area contributed by atoms with E-state index in [0.717, 1.165) is 24.3 Å². The first-order valence-corrected chi connectivity index (χ1v) is 8.86. The van der Waals surface area contributed by atoms with Crippen LogP contribution in [-0.2, 0) is 29.5 Å². The van der Waals surface area contributed by atoms with Crippen LogP contribution in [0.25, 0.3) is 0 Å². The van der Waals surface area contributed by atoms with Gasteiger partial charge >= 0.3 is 10.1 Å². The van der Waals surface area contributed by atoms with E-state index >= 15 is 0 Å². The van der Waals surface area contributed by atoms with Crippen LogP contribution in [0.2, 0.25) is 0 Å². The van der Waals surface area contributed by atoms with E-state index in [1.807, 2.05) is 0 Å². The van der Waals surface area contributed by atoms with Crippen molar-refractivity contribution in [3.05, 3.63) is 82.9 Å². The van der Waals surface area contributed by atoms with E-state index in [9.17, 15) is 23.1 Å². The van der Waals surface area contributed by atoms with Crippen LogP contribution < -0.4 is 10.8 Å². The van der Waals surface area contributed by atoms with E-state index in [0.29, 0.717) is 0 Å². The summed E-state index contributed by atoms with van der Waals surface area (Å²) in [5.74, 6) is -4.65. The number of Topliss-reactive ketones (excluding diaryl/α,β-unsaturated/α-hetero) is 1. The van der Waals surface area contributed by atoms with Gasteiger partial charge in [0.05, 0.1) is 10.1 Å². The molecule has 1 aliphatic rings. The van der Waals surface area contributed by atoms with E-state index in [1.165, 1.54) is 24.3 Å². The van der Waals surface area contributed by atoms with E-state index in [-0.39, 0.29) is 16.7 Å². The summed E-state index contributed by atoms with van der Waals surface area (Å²) in [5, 5.41) is 10.8. The highest BCUT2D eigenvalue weighted by Crippen LogP contribution is 2.32. The van der Waals surface area contributed by atoms with Crippen molar-refractivity contribution in [3.8, 4) is 0 Å². The normalized spacial score (nSPS) is 21.8. The Bertz CT molecular complexity index is 1150. The molecule has 2 N–H and O–H groups in total. The summed E-state index contributed by atoms with van der Waals surface area (Å²) in [6.07, 6.45) is -2.54. The molecule has 0 saturated heterocycles. The van der Waals surface area contributed by atoms with Crippen molar-refractivity contribution in [2.24, 2.45) is 5.73 Å². The molecular formula is C18H14NO7S-. The van der Waals surface area contributed by atoms with Gasteiger partial charge in [-0.1, -0.05) is 54.6 Å². The maximum absolute atomic E-state index is 12.7. The lowest BCUT2D eigenvalue weighted by Crippen LogP contribution is -2.22. The monoisotopic (exact) mass is 391 g/mol. The highest BCUT2D eigenvalue weighted by Gasteiger charge is 2.39. The number of nitrogens with two attached hydrogens (primary N) is 1. The number of hydrogen-bond donors (Lipinski definition) is 1. The van der Waals surface area contributed by atoms with E-state index in [2.05, 4.69) is 4.18 Å². The number of ether oxygens (including phenoxy) is 1. The van der Waals surface area contributed by atoms with Crippen molar-refractivity contribution >= 4 is 21.9 Å². The van der Waals surface area contributed by atoms with Gasteiger partial charge in [-0.05, 0) is 11.1 Å². The Morgan fingerprint density at radius 3 is 2.44 bits per heavy atom. The first-order valence-electron chi connectivity index (χ1n) is 8.95. The Balaban J connectivity index is 1.91. The van der Waals surface area contributed by atoms with Crippen LogP contribution in [0, 0.1) is 0 Å². The molecule has 9 heteroatoms. The minimum Gasteiger partial charge on any atom is -0.545 e. The molecule has 0 amide bonds. The summed E-state index contributed by atoms with van der Waals surface area (Å²) in [6.45, 7) is 0. The number of carbonyl (C=O) groups is 2. The van der Waals surface area contributed by atoms with Crippen molar-refractivity contribution in [1.82, 2.24) is 0 Å². The van der Waals surface area contributed by atoms with Crippen LogP contribution in [0.1, 0.15) is 31.7 Å². The van der Waals surface area contributed by atoms with Crippen LogP contribution in [0.4, 0.5) is 0 Å². The number of aromatic carboxylic acids is 1. The van der Waals surface area contributed by atoms with Gasteiger partial charge in [-0.25, -0.2) is 0 Å². The average molecular weight is 391 g/mol. The topological polar surface area (TPSA) is 136 Å². The number of carboxylic acids is 1. The average Bonchev–Trinajstić information content (AvgIpc) is 2.92. The molecule has 0 aromatic heterocycles. The molecule has 0 saturated carbocycles. The Kier molecular flexibility index (Phi) is 3.90. The Morgan fingerprint density at radius 2 is 1.85 bits per heavy atom. The predicted molar refractivity (Wildman–Crippen MR) is 91.0 cm³/mol. The molecule has 3 rings (SSSR count). The smallest absolute Gasteiger partial charge is 0.313 e. The van der Waals surface area contributed by atoms with Gasteiger partial charge in [-0.3, -0.25) is 4.79 Å². The fourth-order valence-electron chi connectivity index (χ4n) is 2.23. The molecular weight excluding hydrogens is 374 g/mol. The second kappa shape index (κ2) is 7.12. The summed E-state index contributed by atoms with van der Waals surface area (Å²) < 4.78 is 58.9. The van der Waals surface area contributed by atoms with Gasteiger partial charge in [-0.15, -0.1) is 0 Å². The fourth-order valence-corrected chi connectivity index (χ4v) is 3.07. The predicted octanol–water partition coefficient (Wildman–Crippen LogP) is 0.365. The lowest BCUT2D eigenvalue weighted by molar-refractivity contribution is -0.255. The van der Waals surface area contributed by atoms with Crippen LogP contribution in [-0.4, -0.2) is 20.2 Å². The third kappa shape index (κ3) is 4.09. The van der Waals surface area contributed by atoms with Gasteiger partial charge < -0.3 is 24.6 Å². The molecule has 27 heavy (non-hydrogen) atoms. The molecule has 0 spiro atoms. The maximum atomic E-state index is 12.7. The number of rotatable bonds is 6. The highest BCUT2D eigenvalue weighted by molar-refractivity contribution is 7.86. The second-order valence-electron chi connectivity index (χ2n) is 5.32. The number of carbonyl (C=O) groups excluding carboxylic acids is 2. The summed E-state index contributed by atoms with van der Waals surface area (Å²) in [6, 6.07) is 11.2. The van der Waals surface area contributed by atoms with Crippen LogP contribution in [0.5, 0.6) is 0 Å². The van der Waals surface area contributed by atoms with Crippen molar-refractivity contribution in [1.29, 1.82) is 0 Å². The minimum absolute atomic E-state index is 0.150. The molecule has 0 fully saturated rings. The lowest BCUT2D eigenvalue weighted by Gasteiger charge is -2.11. The zero-order chi connectivity index (χ0) is 22.3. The maximum Gasteiger partial charge on any atom is 0.313 e. The zero-order valence-corrected chi connectivity index (χ0v) is 14.4. The van der Waals surface area contributed by atoms with Crippen molar-refractivity contribution in [2.75, 3.05) is 0 Å². The molecule has 2 aromatic rings. The van der Waals surface area contributed by atoms with E-state index in [1.54, 1.807) is 6.07 Å². The van der Waals surface area contributed by atoms with Gasteiger partial charge in [0.15, 0.2) is 6.08 Å². The van der Waals surface area contributed by atoms with Gasteiger partial charge in [0.2, 0.25) is 17.4 Å². The van der Waals surface area contributed by atoms with Crippen LogP contribution in [0.15, 0.2) is 66.2 Å². The third-order valence-electron chi connectivity index (χ3n) is 3.44. The number of benzene rings is 2. The number of ketones is 1. The van der Waals surface area contributed by atoms with Gasteiger partial charge in [-0.2, -0.15) is 8.42 Å². The molecule has 0 bridgehead atoms. The molecule has 0 radical (unpaired) electrons. The fraction of sp³-hybridized carbons (Fsp3) is 0.111. The Hall–Kier alpha value is -3.33. The molecule has 1 atom stereocenters. The number of hydrogen-bond acceptors (Lipinski definition) is 8. The first kappa shape index (κ1) is 14.8. The van der Waals surface area contributed by atoms with Gasteiger partial charge in [0.25, 0.3) is 0 Å². The zero-order valence-electron chi connectivity index (χ0n) is 16.5. The molecule has 1 heterocycles. The summed E-state index contributed by atoms with van der Waals surface area (Å²) in [5.41, 5.74) is 1.90. The van der Waals surface area contributed by atoms with Crippen molar-refractivity contribution in [3.63, 3.8) is 0 Å². The largest absolute Gasteiger partial charge is 0.545 e. The van der Waals surface area contributed by atoms with Gasteiger partial charge in [0.1, 0.15) is 5.70 Å². The molecule has 0 unspecified atom stereocenters.